The molecule has 0 aliphatic heterocycles. The molecule has 18 heavy (non-hydrogen) atoms. The second-order valence-corrected chi connectivity index (χ2v) is 4.75. The van der Waals surface area contributed by atoms with Crippen molar-refractivity contribution in [2.45, 2.75) is 39.7 Å². The number of hydrogen-bond donors (Lipinski definition) is 0. The van der Waals surface area contributed by atoms with Gasteiger partial charge in [-0.25, -0.2) is 4.79 Å². The van der Waals surface area contributed by atoms with E-state index in [1.807, 2.05) is 0 Å². The fraction of sp³-hybridized carbons (Fsp3) is 0.538. The van der Waals surface area contributed by atoms with E-state index >= 15 is 0 Å². The van der Waals surface area contributed by atoms with E-state index in [1.54, 1.807) is 33.8 Å². The van der Waals surface area contributed by atoms with Crippen molar-refractivity contribution in [1.29, 1.82) is 0 Å². The lowest BCUT2D eigenvalue weighted by molar-refractivity contribution is -0.154. The summed E-state index contributed by atoms with van der Waals surface area (Å²) in [7, 11) is 0. The van der Waals surface area contributed by atoms with Gasteiger partial charge in [-0.15, -0.1) is 0 Å². The minimum atomic E-state index is -0.534. The fourth-order valence-corrected chi connectivity index (χ4v) is 1.30. The first-order valence-electron chi connectivity index (χ1n) is 5.79. The molecule has 0 fully saturated rings. The van der Waals surface area contributed by atoms with Gasteiger partial charge < -0.3 is 13.9 Å². The predicted molar refractivity (Wildman–Crippen MR) is 64.2 cm³/mol. The van der Waals surface area contributed by atoms with E-state index in [0.717, 1.165) is 0 Å². The Bertz CT molecular complexity index is 425. The van der Waals surface area contributed by atoms with Crippen LogP contribution >= 0.6 is 0 Å². The highest BCUT2D eigenvalue weighted by Gasteiger charge is 2.19. The van der Waals surface area contributed by atoms with Crippen LogP contribution in [0.2, 0.25) is 0 Å². The number of carbonyl (C=O) groups excluding carboxylic acids is 2. The molecule has 0 spiro atoms. The summed E-state index contributed by atoms with van der Waals surface area (Å²) in [5.41, 5.74) is -0.534. The highest BCUT2D eigenvalue weighted by atomic mass is 16.6. The maximum Gasteiger partial charge on any atom is 0.374 e. The van der Waals surface area contributed by atoms with E-state index in [9.17, 15) is 9.59 Å². The average molecular weight is 254 g/mol. The molecule has 0 saturated carbocycles. The Hall–Kier alpha value is -1.78. The number of esters is 2. The van der Waals surface area contributed by atoms with E-state index < -0.39 is 17.5 Å². The van der Waals surface area contributed by atoms with Crippen molar-refractivity contribution >= 4 is 11.9 Å². The normalized spacial score (nSPS) is 11.1. The molecule has 0 aliphatic carbocycles. The number of rotatable bonds is 4. The molecule has 0 N–H and O–H groups in total. The van der Waals surface area contributed by atoms with Gasteiger partial charge in [0.25, 0.3) is 0 Å². The van der Waals surface area contributed by atoms with E-state index in [2.05, 4.69) is 0 Å². The largest absolute Gasteiger partial charge is 0.460 e. The van der Waals surface area contributed by atoms with Gasteiger partial charge in [0.15, 0.2) is 0 Å². The molecule has 5 nitrogen and oxygen atoms in total. The molecule has 1 aromatic heterocycles. The van der Waals surface area contributed by atoms with Crippen LogP contribution in [0.15, 0.2) is 16.5 Å². The van der Waals surface area contributed by atoms with Crippen LogP contribution < -0.4 is 0 Å². The van der Waals surface area contributed by atoms with Crippen molar-refractivity contribution < 1.29 is 23.5 Å². The maximum absolute atomic E-state index is 11.5. The SMILES string of the molecule is CCOC(=O)c1ccc(CC(=O)OC(C)(C)C)o1. The fourth-order valence-electron chi connectivity index (χ4n) is 1.30. The molecule has 0 unspecified atom stereocenters. The summed E-state index contributed by atoms with van der Waals surface area (Å²) in [5.74, 6) is -0.456. The van der Waals surface area contributed by atoms with Crippen molar-refractivity contribution in [2.24, 2.45) is 0 Å². The summed E-state index contributed by atoms with van der Waals surface area (Å²) >= 11 is 0. The van der Waals surface area contributed by atoms with E-state index in [-0.39, 0.29) is 18.8 Å². The molecule has 100 valence electrons. The zero-order valence-corrected chi connectivity index (χ0v) is 11.1. The van der Waals surface area contributed by atoms with Gasteiger partial charge in [-0.1, -0.05) is 0 Å². The van der Waals surface area contributed by atoms with Crippen molar-refractivity contribution in [3.05, 3.63) is 23.7 Å². The average Bonchev–Trinajstić information content (AvgIpc) is 2.63. The molecule has 0 aliphatic rings. The molecular weight excluding hydrogens is 236 g/mol. The van der Waals surface area contributed by atoms with Crippen molar-refractivity contribution in [3.63, 3.8) is 0 Å². The first kappa shape index (κ1) is 14.3. The number of hydrogen-bond acceptors (Lipinski definition) is 5. The first-order chi connectivity index (χ1) is 8.31. The molecular formula is C13H18O5. The van der Waals surface area contributed by atoms with Crippen LogP contribution in [0.4, 0.5) is 0 Å². The third kappa shape index (κ3) is 4.61. The summed E-state index contributed by atoms with van der Waals surface area (Å²) < 4.78 is 15.1. The summed E-state index contributed by atoms with van der Waals surface area (Å²) in [6, 6.07) is 3.05. The number of furan rings is 1. The lowest BCUT2D eigenvalue weighted by Gasteiger charge is -2.18. The second-order valence-electron chi connectivity index (χ2n) is 4.75. The van der Waals surface area contributed by atoms with Crippen LogP contribution in [-0.2, 0) is 20.7 Å². The van der Waals surface area contributed by atoms with E-state index in [4.69, 9.17) is 13.9 Å². The minimum Gasteiger partial charge on any atom is -0.460 e. The van der Waals surface area contributed by atoms with Gasteiger partial charge in [-0.3, -0.25) is 4.79 Å². The van der Waals surface area contributed by atoms with Crippen LogP contribution in [0.3, 0.4) is 0 Å². The second kappa shape index (κ2) is 5.71. The summed E-state index contributed by atoms with van der Waals surface area (Å²) in [6.45, 7) is 7.36. The van der Waals surface area contributed by atoms with Crippen LogP contribution in [0, 0.1) is 0 Å². The predicted octanol–water partition coefficient (Wildman–Crippen LogP) is 2.34. The molecule has 0 amide bonds. The zero-order valence-electron chi connectivity index (χ0n) is 11.1. The maximum atomic E-state index is 11.5. The van der Waals surface area contributed by atoms with E-state index in [1.165, 1.54) is 6.07 Å². The van der Waals surface area contributed by atoms with Crippen molar-refractivity contribution in [1.82, 2.24) is 0 Å². The third-order valence-corrected chi connectivity index (χ3v) is 1.88. The molecule has 5 heteroatoms. The summed E-state index contributed by atoms with van der Waals surface area (Å²) in [5, 5.41) is 0. The molecule has 0 bridgehead atoms. The topological polar surface area (TPSA) is 65.7 Å². The Morgan fingerprint density at radius 2 is 1.94 bits per heavy atom. The lowest BCUT2D eigenvalue weighted by Crippen LogP contribution is -2.24. The van der Waals surface area contributed by atoms with Gasteiger partial charge in [-0.2, -0.15) is 0 Å². The smallest absolute Gasteiger partial charge is 0.374 e. The van der Waals surface area contributed by atoms with Gasteiger partial charge in [-0.05, 0) is 39.8 Å². The minimum absolute atomic E-state index is 0.00330. The highest BCUT2D eigenvalue weighted by Crippen LogP contribution is 2.13. The molecule has 0 saturated heterocycles. The molecule has 0 aromatic carbocycles. The van der Waals surface area contributed by atoms with Crippen molar-refractivity contribution in [3.8, 4) is 0 Å². The molecule has 0 atom stereocenters. The quantitative estimate of drug-likeness (QED) is 0.771. The first-order valence-corrected chi connectivity index (χ1v) is 5.79. The molecule has 1 heterocycles. The number of carbonyl (C=O) groups is 2. The van der Waals surface area contributed by atoms with Crippen LogP contribution in [0.5, 0.6) is 0 Å². The summed E-state index contributed by atoms with van der Waals surface area (Å²) in [6.07, 6.45) is -0.00330. The van der Waals surface area contributed by atoms with Crippen molar-refractivity contribution in [2.75, 3.05) is 6.61 Å². The van der Waals surface area contributed by atoms with Gasteiger partial charge in [0.1, 0.15) is 17.8 Å². The Kier molecular flexibility index (Phi) is 4.53. The molecule has 1 rings (SSSR count). The van der Waals surface area contributed by atoms with Gasteiger partial charge in [0.05, 0.1) is 6.61 Å². The highest BCUT2D eigenvalue weighted by molar-refractivity contribution is 5.86. The Morgan fingerprint density at radius 1 is 1.28 bits per heavy atom. The van der Waals surface area contributed by atoms with Gasteiger partial charge in [0.2, 0.25) is 5.76 Å². The van der Waals surface area contributed by atoms with Gasteiger partial charge in [0, 0.05) is 0 Å². The molecule has 1 aromatic rings. The zero-order chi connectivity index (χ0) is 13.8. The van der Waals surface area contributed by atoms with Gasteiger partial charge >= 0.3 is 11.9 Å². The standard InChI is InChI=1S/C13H18O5/c1-5-16-12(15)10-7-6-9(17-10)8-11(14)18-13(2,3)4/h6-7H,5,8H2,1-4H3. The third-order valence-electron chi connectivity index (χ3n) is 1.88. The number of ether oxygens (including phenoxy) is 2. The van der Waals surface area contributed by atoms with Crippen LogP contribution in [-0.4, -0.2) is 24.1 Å². The van der Waals surface area contributed by atoms with Crippen LogP contribution in [0.1, 0.15) is 44.0 Å². The Morgan fingerprint density at radius 3 is 2.50 bits per heavy atom. The van der Waals surface area contributed by atoms with E-state index in [0.29, 0.717) is 5.76 Å². The van der Waals surface area contributed by atoms with Crippen LogP contribution in [0.25, 0.3) is 0 Å². The Balaban J connectivity index is 2.59. The monoisotopic (exact) mass is 254 g/mol. The Labute approximate surface area is 106 Å². The lowest BCUT2D eigenvalue weighted by atomic mass is 10.2. The summed E-state index contributed by atoms with van der Waals surface area (Å²) in [4.78, 5) is 22.9. The molecule has 0 radical (unpaired) electrons.